The van der Waals surface area contributed by atoms with E-state index in [-0.39, 0.29) is 23.9 Å². The average Bonchev–Trinajstić information content (AvgIpc) is 3.07. The van der Waals surface area contributed by atoms with E-state index in [1.165, 1.54) is 4.90 Å². The molecule has 8 heteroatoms. The van der Waals surface area contributed by atoms with Crippen molar-refractivity contribution in [1.29, 1.82) is 0 Å². The second kappa shape index (κ2) is 10.4. The normalized spacial score (nSPS) is 11.9. The van der Waals surface area contributed by atoms with Gasteiger partial charge in [0.25, 0.3) is 0 Å². The number of hydrogen-bond donors (Lipinski definition) is 2. The Kier molecular flexibility index (Phi) is 8.30. The first-order chi connectivity index (χ1) is 15.2. The summed E-state index contributed by atoms with van der Waals surface area (Å²) in [5.41, 5.74) is 3.36. The lowest BCUT2D eigenvalue weighted by atomic mass is 9.92. The maximum absolute atomic E-state index is 13.0. The Balaban J connectivity index is 2.32. The molecular formula is C25H39N5O3. The van der Waals surface area contributed by atoms with Crippen LogP contribution in [0.15, 0.2) is 24.3 Å². The Morgan fingerprint density at radius 2 is 1.76 bits per heavy atom. The van der Waals surface area contributed by atoms with Gasteiger partial charge in [-0.05, 0) is 46.2 Å². The zero-order chi connectivity index (χ0) is 25.0. The van der Waals surface area contributed by atoms with E-state index in [1.807, 2.05) is 52.8 Å². The summed E-state index contributed by atoms with van der Waals surface area (Å²) >= 11 is 0. The van der Waals surface area contributed by atoms with E-state index in [4.69, 9.17) is 9.84 Å². The van der Waals surface area contributed by atoms with Crippen LogP contribution in [-0.4, -0.2) is 59.0 Å². The number of aromatic nitrogens is 2. The summed E-state index contributed by atoms with van der Waals surface area (Å²) in [5.74, 6) is 0.265. The third-order valence-corrected chi connectivity index (χ3v) is 4.99. The highest BCUT2D eigenvalue weighted by atomic mass is 16.5. The number of rotatable bonds is 7. The van der Waals surface area contributed by atoms with Crippen molar-refractivity contribution < 1.29 is 14.3 Å². The van der Waals surface area contributed by atoms with Gasteiger partial charge in [-0.3, -0.25) is 4.79 Å². The molecule has 1 aromatic carbocycles. The summed E-state index contributed by atoms with van der Waals surface area (Å²) in [6.07, 6.45) is 0. The van der Waals surface area contributed by atoms with Crippen LogP contribution in [0.25, 0.3) is 5.69 Å². The smallest absolute Gasteiger partial charge is 0.318 e. The summed E-state index contributed by atoms with van der Waals surface area (Å²) in [6.45, 7) is 16.5. The van der Waals surface area contributed by atoms with E-state index in [2.05, 4.69) is 37.5 Å². The van der Waals surface area contributed by atoms with Crippen LogP contribution in [0.3, 0.4) is 0 Å². The maximum atomic E-state index is 13.0. The number of nitrogens with zero attached hydrogens (tertiary/aromatic N) is 3. The summed E-state index contributed by atoms with van der Waals surface area (Å²) < 4.78 is 6.89. The van der Waals surface area contributed by atoms with Crippen molar-refractivity contribution in [3.63, 3.8) is 0 Å². The Morgan fingerprint density at radius 1 is 1.09 bits per heavy atom. The number of benzene rings is 1. The van der Waals surface area contributed by atoms with Gasteiger partial charge in [-0.1, -0.05) is 38.5 Å². The van der Waals surface area contributed by atoms with Crippen molar-refractivity contribution in [2.45, 2.75) is 66.3 Å². The monoisotopic (exact) mass is 457 g/mol. The number of carbonyl (C=O) groups is 2. The molecule has 0 saturated heterocycles. The summed E-state index contributed by atoms with van der Waals surface area (Å²) in [5, 5.41) is 10.7. The lowest BCUT2D eigenvalue weighted by Crippen LogP contribution is -2.51. The van der Waals surface area contributed by atoms with Gasteiger partial charge in [-0.2, -0.15) is 5.10 Å². The van der Waals surface area contributed by atoms with Crippen LogP contribution in [0.5, 0.6) is 0 Å². The van der Waals surface area contributed by atoms with Gasteiger partial charge in [0.15, 0.2) is 0 Å². The van der Waals surface area contributed by atoms with Gasteiger partial charge in [0.1, 0.15) is 12.4 Å². The molecular weight excluding hydrogens is 418 g/mol. The van der Waals surface area contributed by atoms with Crippen LogP contribution in [-0.2, 0) is 14.9 Å². The zero-order valence-corrected chi connectivity index (χ0v) is 21.5. The van der Waals surface area contributed by atoms with Crippen molar-refractivity contribution in [3.8, 4) is 5.69 Å². The van der Waals surface area contributed by atoms with E-state index in [0.29, 0.717) is 19.0 Å². The number of carbonyl (C=O) groups excluding carboxylic acids is 2. The first kappa shape index (κ1) is 26.4. The SMILES string of the molecule is COCCN(CC(=O)Nc1cc(C(C)(C)C)nn1-c1ccc(C)cc1C)C(=O)NC(C)(C)C. The molecule has 2 N–H and O–H groups in total. The van der Waals surface area contributed by atoms with Gasteiger partial charge < -0.3 is 20.3 Å². The van der Waals surface area contributed by atoms with Crippen molar-refractivity contribution in [2.24, 2.45) is 0 Å². The fourth-order valence-corrected chi connectivity index (χ4v) is 3.27. The molecule has 1 aromatic heterocycles. The van der Waals surface area contributed by atoms with Crippen molar-refractivity contribution in [2.75, 3.05) is 32.1 Å². The highest BCUT2D eigenvalue weighted by molar-refractivity contribution is 5.94. The van der Waals surface area contributed by atoms with E-state index in [1.54, 1.807) is 11.8 Å². The number of amides is 3. The van der Waals surface area contributed by atoms with Crippen molar-refractivity contribution >= 4 is 17.8 Å². The fraction of sp³-hybridized carbons (Fsp3) is 0.560. The zero-order valence-electron chi connectivity index (χ0n) is 21.5. The van der Waals surface area contributed by atoms with Gasteiger partial charge in [0.05, 0.1) is 18.0 Å². The van der Waals surface area contributed by atoms with Gasteiger partial charge in [-0.15, -0.1) is 0 Å². The molecule has 0 aliphatic carbocycles. The first-order valence-corrected chi connectivity index (χ1v) is 11.3. The summed E-state index contributed by atoms with van der Waals surface area (Å²) in [7, 11) is 1.57. The molecule has 182 valence electrons. The lowest BCUT2D eigenvalue weighted by molar-refractivity contribution is -0.116. The number of anilines is 1. The minimum atomic E-state index is -0.415. The van der Waals surface area contributed by atoms with E-state index in [9.17, 15) is 9.59 Å². The van der Waals surface area contributed by atoms with Crippen LogP contribution >= 0.6 is 0 Å². The number of ether oxygens (including phenoxy) is 1. The predicted octanol–water partition coefficient (Wildman–Crippen LogP) is 4.18. The molecule has 0 aliphatic heterocycles. The predicted molar refractivity (Wildman–Crippen MR) is 132 cm³/mol. The van der Waals surface area contributed by atoms with Gasteiger partial charge in [-0.25, -0.2) is 9.48 Å². The number of urea groups is 1. The highest BCUT2D eigenvalue weighted by Gasteiger charge is 2.25. The van der Waals surface area contributed by atoms with Crippen LogP contribution in [0, 0.1) is 13.8 Å². The highest BCUT2D eigenvalue weighted by Crippen LogP contribution is 2.27. The molecule has 3 amide bonds. The van der Waals surface area contributed by atoms with Gasteiger partial charge in [0, 0.05) is 30.7 Å². The standard InChI is InChI=1S/C25H39N5O3/c1-17-10-11-19(18(2)14-17)30-21(15-20(28-30)24(3,4)5)26-22(31)16-29(12-13-33-9)23(32)27-25(6,7)8/h10-11,14-15H,12-13,16H2,1-9H3,(H,26,31)(H,27,32). The fourth-order valence-electron chi connectivity index (χ4n) is 3.27. The van der Waals surface area contributed by atoms with E-state index < -0.39 is 5.54 Å². The van der Waals surface area contributed by atoms with Crippen molar-refractivity contribution in [1.82, 2.24) is 20.0 Å². The molecule has 0 saturated carbocycles. The van der Waals surface area contributed by atoms with E-state index >= 15 is 0 Å². The van der Waals surface area contributed by atoms with E-state index in [0.717, 1.165) is 22.5 Å². The number of aryl methyl sites for hydroxylation is 2. The van der Waals surface area contributed by atoms with Gasteiger partial charge in [0.2, 0.25) is 5.91 Å². The minimum absolute atomic E-state index is 0.103. The number of nitrogens with one attached hydrogen (secondary N) is 2. The first-order valence-electron chi connectivity index (χ1n) is 11.3. The molecule has 8 nitrogen and oxygen atoms in total. The number of hydrogen-bond acceptors (Lipinski definition) is 4. The second-order valence-electron chi connectivity index (χ2n) is 10.5. The molecule has 0 bridgehead atoms. The Bertz CT molecular complexity index is 983. The van der Waals surface area contributed by atoms with Crippen molar-refractivity contribution in [3.05, 3.63) is 41.1 Å². The molecule has 0 fully saturated rings. The van der Waals surface area contributed by atoms with Crippen LogP contribution < -0.4 is 10.6 Å². The average molecular weight is 458 g/mol. The summed E-state index contributed by atoms with van der Waals surface area (Å²) in [4.78, 5) is 27.2. The van der Waals surface area contributed by atoms with Crippen LogP contribution in [0.2, 0.25) is 0 Å². The molecule has 33 heavy (non-hydrogen) atoms. The van der Waals surface area contributed by atoms with Gasteiger partial charge >= 0.3 is 6.03 Å². The Hall–Kier alpha value is -2.87. The Morgan fingerprint density at radius 3 is 2.30 bits per heavy atom. The second-order valence-corrected chi connectivity index (χ2v) is 10.5. The molecule has 2 aromatic rings. The molecule has 0 aliphatic rings. The minimum Gasteiger partial charge on any atom is -0.383 e. The molecule has 0 atom stereocenters. The third kappa shape index (κ3) is 7.60. The van der Waals surface area contributed by atoms with Crippen LogP contribution in [0.4, 0.5) is 10.6 Å². The molecule has 0 spiro atoms. The number of methoxy groups -OCH3 is 1. The maximum Gasteiger partial charge on any atom is 0.318 e. The summed E-state index contributed by atoms with van der Waals surface area (Å²) in [6, 6.07) is 7.69. The Labute approximate surface area is 197 Å². The van der Waals surface area contributed by atoms with Crippen LogP contribution in [0.1, 0.15) is 58.4 Å². The lowest BCUT2D eigenvalue weighted by Gasteiger charge is -2.28. The third-order valence-electron chi connectivity index (χ3n) is 4.99. The molecule has 2 rings (SSSR count). The topological polar surface area (TPSA) is 88.5 Å². The quantitative estimate of drug-likeness (QED) is 0.653. The molecule has 0 unspecified atom stereocenters. The molecule has 1 heterocycles. The molecule has 0 radical (unpaired) electrons. The largest absolute Gasteiger partial charge is 0.383 e.